The first-order valence-corrected chi connectivity index (χ1v) is 13.8. The fourth-order valence-corrected chi connectivity index (χ4v) is 6.60. The number of hydrogen-bond acceptors (Lipinski definition) is 8. The zero-order chi connectivity index (χ0) is 22.6. The number of carbonyl (C=O) groups is 1. The largest absolute Gasteiger partial charge is 0.467 e. The number of nitrogens with one attached hydrogen (secondary N) is 1. The number of ether oxygens (including phenoxy) is 1. The van der Waals surface area contributed by atoms with Crippen LogP contribution in [0.25, 0.3) is 10.2 Å². The van der Waals surface area contributed by atoms with Crippen LogP contribution in [0, 0.1) is 0 Å². The van der Waals surface area contributed by atoms with Crippen LogP contribution in [0.1, 0.15) is 56.2 Å². The predicted octanol–water partition coefficient (Wildman–Crippen LogP) is 5.83. The van der Waals surface area contributed by atoms with E-state index in [0.717, 1.165) is 57.6 Å². The molecule has 0 aliphatic carbocycles. The lowest BCUT2D eigenvalue weighted by atomic mass is 9.90. The Hall–Kier alpha value is -1.55. The Bertz CT molecular complexity index is 1070. The lowest BCUT2D eigenvalue weighted by molar-refractivity contribution is -0.118. The maximum absolute atomic E-state index is 12.5. The van der Waals surface area contributed by atoms with Gasteiger partial charge in [0.2, 0.25) is 5.91 Å². The summed E-state index contributed by atoms with van der Waals surface area (Å²) in [6.07, 6.45) is 5.69. The van der Waals surface area contributed by atoms with E-state index in [4.69, 9.17) is 19.1 Å². The number of furan rings is 1. The van der Waals surface area contributed by atoms with E-state index in [9.17, 15) is 4.79 Å². The predicted molar refractivity (Wildman–Crippen MR) is 132 cm³/mol. The van der Waals surface area contributed by atoms with Gasteiger partial charge in [-0.25, -0.2) is 9.97 Å². The van der Waals surface area contributed by atoms with Crippen molar-refractivity contribution < 1.29 is 13.9 Å². The molecule has 0 bridgehead atoms. The first-order chi connectivity index (χ1) is 15.5. The van der Waals surface area contributed by atoms with Crippen LogP contribution in [0.5, 0.6) is 0 Å². The Morgan fingerprint density at radius 3 is 2.94 bits per heavy atom. The normalized spacial score (nSPS) is 18.1. The zero-order valence-electron chi connectivity index (χ0n) is 18.7. The van der Waals surface area contributed by atoms with Crippen LogP contribution in [0.2, 0.25) is 0 Å². The molecule has 0 aromatic carbocycles. The monoisotopic (exact) mass is 491 g/mol. The summed E-state index contributed by atoms with van der Waals surface area (Å²) in [5.41, 5.74) is 1.13. The van der Waals surface area contributed by atoms with E-state index in [0.29, 0.717) is 18.9 Å². The Kier molecular flexibility index (Phi) is 7.81. The van der Waals surface area contributed by atoms with Gasteiger partial charge in [0, 0.05) is 22.4 Å². The molecule has 1 aliphatic heterocycles. The van der Waals surface area contributed by atoms with E-state index in [2.05, 4.69) is 26.1 Å². The molecule has 0 saturated carbocycles. The summed E-state index contributed by atoms with van der Waals surface area (Å²) in [6.45, 7) is 7.53. The molecule has 0 radical (unpaired) electrons. The fourth-order valence-electron chi connectivity index (χ4n) is 3.51. The van der Waals surface area contributed by atoms with Crippen molar-refractivity contribution in [3.8, 4) is 0 Å². The van der Waals surface area contributed by atoms with Crippen molar-refractivity contribution in [2.45, 2.75) is 75.4 Å². The molecule has 4 heterocycles. The average molecular weight is 492 g/mol. The minimum Gasteiger partial charge on any atom is -0.467 e. The Morgan fingerprint density at radius 2 is 2.19 bits per heavy atom. The van der Waals surface area contributed by atoms with E-state index >= 15 is 0 Å². The Labute approximate surface area is 201 Å². The minimum atomic E-state index is -0.169. The van der Waals surface area contributed by atoms with Gasteiger partial charge in [0.1, 0.15) is 15.6 Å². The molecule has 1 N–H and O–H groups in total. The van der Waals surface area contributed by atoms with Gasteiger partial charge in [0.15, 0.2) is 5.16 Å². The van der Waals surface area contributed by atoms with Crippen molar-refractivity contribution in [1.29, 1.82) is 0 Å². The van der Waals surface area contributed by atoms with Crippen molar-refractivity contribution in [2.24, 2.45) is 0 Å². The molecule has 172 valence electrons. The molecular formula is C23H29N3O3S3. The number of fused-ring (bicyclic) bond motifs is 3. The summed E-state index contributed by atoms with van der Waals surface area (Å²) in [5, 5.41) is 5.72. The Morgan fingerprint density at radius 1 is 1.31 bits per heavy atom. The van der Waals surface area contributed by atoms with E-state index < -0.39 is 0 Å². The van der Waals surface area contributed by atoms with E-state index in [1.54, 1.807) is 29.4 Å². The third-order valence-electron chi connectivity index (χ3n) is 5.64. The summed E-state index contributed by atoms with van der Waals surface area (Å²) < 4.78 is 11.5. The molecule has 9 heteroatoms. The SMILES string of the molecule is CCCCSc1nc(SCC(=O)NCc2ccco2)c2c3c(sc2n1)CO[C@](C)(CC)C3. The van der Waals surface area contributed by atoms with Gasteiger partial charge in [0.25, 0.3) is 0 Å². The van der Waals surface area contributed by atoms with Gasteiger partial charge in [-0.05, 0) is 37.5 Å². The van der Waals surface area contributed by atoms with Gasteiger partial charge in [-0.15, -0.1) is 11.3 Å². The second-order valence-electron chi connectivity index (χ2n) is 8.11. The molecular weight excluding hydrogens is 462 g/mol. The Balaban J connectivity index is 1.57. The van der Waals surface area contributed by atoms with Crippen LogP contribution >= 0.6 is 34.9 Å². The maximum Gasteiger partial charge on any atom is 0.230 e. The average Bonchev–Trinajstić information content (AvgIpc) is 3.43. The molecule has 1 atom stereocenters. The third kappa shape index (κ3) is 5.50. The van der Waals surface area contributed by atoms with E-state index in [-0.39, 0.29) is 11.5 Å². The van der Waals surface area contributed by atoms with Gasteiger partial charge in [0.05, 0.1) is 30.8 Å². The number of rotatable bonds is 10. The van der Waals surface area contributed by atoms with Crippen molar-refractivity contribution in [2.75, 3.05) is 11.5 Å². The number of unbranched alkanes of at least 4 members (excludes halogenated alkanes) is 1. The molecule has 0 spiro atoms. The third-order valence-corrected chi connectivity index (χ3v) is 8.65. The molecule has 1 amide bonds. The number of thioether (sulfide) groups is 2. The van der Waals surface area contributed by atoms with Crippen LogP contribution in [-0.2, 0) is 29.1 Å². The smallest absolute Gasteiger partial charge is 0.230 e. The summed E-state index contributed by atoms with van der Waals surface area (Å²) >= 11 is 4.89. The number of amides is 1. The van der Waals surface area contributed by atoms with Crippen molar-refractivity contribution in [3.63, 3.8) is 0 Å². The standard InChI is InChI=1S/C23H29N3O3S3/c1-4-6-10-30-22-25-20(31-14-18(27)24-12-15-8-7-9-28-15)19-16-11-23(3,5-2)29-13-17(16)32-21(19)26-22/h7-9H,4-6,10-14H2,1-3H3,(H,24,27)/t23-/m1/s1. The molecule has 0 saturated heterocycles. The topological polar surface area (TPSA) is 77.3 Å². The summed E-state index contributed by atoms with van der Waals surface area (Å²) in [6, 6.07) is 3.67. The first kappa shape index (κ1) is 23.6. The van der Waals surface area contributed by atoms with E-state index in [1.807, 2.05) is 12.1 Å². The molecule has 32 heavy (non-hydrogen) atoms. The zero-order valence-corrected chi connectivity index (χ0v) is 21.2. The van der Waals surface area contributed by atoms with Crippen LogP contribution in [-0.4, -0.2) is 33.0 Å². The molecule has 1 aliphatic rings. The van der Waals surface area contributed by atoms with Gasteiger partial charge < -0.3 is 14.5 Å². The number of aromatic nitrogens is 2. The van der Waals surface area contributed by atoms with Gasteiger partial charge in [-0.1, -0.05) is 43.8 Å². The molecule has 3 aromatic heterocycles. The highest BCUT2D eigenvalue weighted by atomic mass is 32.2. The molecule has 4 rings (SSSR count). The number of carbonyl (C=O) groups excluding carboxylic acids is 1. The number of nitrogens with zero attached hydrogens (tertiary/aromatic N) is 2. The van der Waals surface area contributed by atoms with Crippen LogP contribution in [0.3, 0.4) is 0 Å². The highest BCUT2D eigenvalue weighted by molar-refractivity contribution is 8.00. The lowest BCUT2D eigenvalue weighted by Crippen LogP contribution is -2.33. The summed E-state index contributed by atoms with van der Waals surface area (Å²) in [5.74, 6) is 2.01. The molecule has 3 aromatic rings. The van der Waals surface area contributed by atoms with Crippen LogP contribution in [0.15, 0.2) is 33.0 Å². The van der Waals surface area contributed by atoms with Gasteiger partial charge >= 0.3 is 0 Å². The second-order valence-corrected chi connectivity index (χ2v) is 11.2. The summed E-state index contributed by atoms with van der Waals surface area (Å²) in [4.78, 5) is 24.5. The summed E-state index contributed by atoms with van der Waals surface area (Å²) in [7, 11) is 0. The van der Waals surface area contributed by atoms with E-state index in [1.165, 1.54) is 22.2 Å². The number of thiophene rings is 1. The van der Waals surface area contributed by atoms with Crippen LogP contribution < -0.4 is 5.32 Å². The minimum absolute atomic E-state index is 0.0378. The molecule has 0 fully saturated rings. The maximum atomic E-state index is 12.5. The second kappa shape index (κ2) is 10.6. The van der Waals surface area contributed by atoms with Crippen molar-refractivity contribution >= 4 is 51.0 Å². The quantitative estimate of drug-likeness (QED) is 0.166. The van der Waals surface area contributed by atoms with Crippen LogP contribution in [0.4, 0.5) is 0 Å². The van der Waals surface area contributed by atoms with Gasteiger partial charge in [-0.3, -0.25) is 4.79 Å². The first-order valence-electron chi connectivity index (χ1n) is 11.0. The number of hydrogen-bond donors (Lipinski definition) is 1. The van der Waals surface area contributed by atoms with Gasteiger partial charge in [-0.2, -0.15) is 0 Å². The van der Waals surface area contributed by atoms with Crippen molar-refractivity contribution in [1.82, 2.24) is 15.3 Å². The lowest BCUT2D eigenvalue weighted by Gasteiger charge is -2.33. The fraction of sp³-hybridized carbons (Fsp3) is 0.522. The molecule has 6 nitrogen and oxygen atoms in total. The molecule has 0 unspecified atom stereocenters. The highest BCUT2D eigenvalue weighted by Gasteiger charge is 2.33. The van der Waals surface area contributed by atoms with Crippen molar-refractivity contribution in [3.05, 3.63) is 34.6 Å². The highest BCUT2D eigenvalue weighted by Crippen LogP contribution is 2.43.